The van der Waals surface area contributed by atoms with E-state index in [2.05, 4.69) is 0 Å². The first kappa shape index (κ1) is 21.0. The first-order valence-corrected chi connectivity index (χ1v) is 7.09. The molecule has 0 bridgehead atoms. The highest BCUT2D eigenvalue weighted by atomic mass is 16.6. The molecule has 0 aromatic rings. The summed E-state index contributed by atoms with van der Waals surface area (Å²) < 4.78 is 5.42. The summed E-state index contributed by atoms with van der Waals surface area (Å²) >= 11 is 0. The van der Waals surface area contributed by atoms with Crippen molar-refractivity contribution in [2.45, 2.75) is 37.8 Å². The van der Waals surface area contributed by atoms with Crippen LogP contribution in [-0.2, 0) is 23.9 Å². The number of hydrogen-bond acceptors (Lipinski definition) is 6. The van der Waals surface area contributed by atoms with Gasteiger partial charge in [-0.25, -0.2) is 0 Å². The van der Waals surface area contributed by atoms with Gasteiger partial charge in [0.15, 0.2) is 5.78 Å². The molecule has 0 aromatic heterocycles. The molecule has 9 heteroatoms. The third-order valence-electron chi connectivity index (χ3n) is 3.11. The maximum absolute atomic E-state index is 12.1. The molecule has 0 aliphatic carbocycles. The van der Waals surface area contributed by atoms with E-state index >= 15 is 0 Å². The van der Waals surface area contributed by atoms with Gasteiger partial charge in [0.2, 0.25) is 11.5 Å². The Morgan fingerprint density at radius 3 is 2.09 bits per heavy atom. The summed E-state index contributed by atoms with van der Waals surface area (Å²) in [5.41, 5.74) is 8.79. The second-order valence-electron chi connectivity index (χ2n) is 6.60. The van der Waals surface area contributed by atoms with Gasteiger partial charge in [0.1, 0.15) is 12.6 Å². The molecule has 1 amide bonds. The van der Waals surface area contributed by atoms with E-state index in [4.69, 9.17) is 21.3 Å². The lowest BCUT2D eigenvalue weighted by Crippen LogP contribution is -2.57. The fourth-order valence-corrected chi connectivity index (χ4v) is 2.13. The van der Waals surface area contributed by atoms with E-state index in [1.807, 2.05) is 0 Å². The number of amides is 1. The molecule has 132 valence electrons. The second kappa shape index (κ2) is 8.02. The van der Waals surface area contributed by atoms with Crippen LogP contribution in [0.3, 0.4) is 0 Å². The summed E-state index contributed by atoms with van der Waals surface area (Å²) in [4.78, 5) is 46.0. The standard InChI is InChI=1S/C14H25N3O6/c1-9(18)14(7-12(20)21,8-17(2,3)4)23-13(22)10(15)5-6-11(16)19/h10H,5-8,15H2,1-4H3,(H2-,16,19,20,21)/p+1/t10-,14+/m0/s1. The third kappa shape index (κ3) is 7.71. The highest BCUT2D eigenvalue weighted by Gasteiger charge is 2.47. The molecule has 0 saturated carbocycles. The number of carboxylic acid groups (broad SMARTS) is 1. The van der Waals surface area contributed by atoms with Crippen molar-refractivity contribution in [3.63, 3.8) is 0 Å². The fraction of sp³-hybridized carbons (Fsp3) is 0.714. The van der Waals surface area contributed by atoms with Crippen LogP contribution in [0.15, 0.2) is 0 Å². The van der Waals surface area contributed by atoms with Crippen molar-refractivity contribution in [3.05, 3.63) is 0 Å². The van der Waals surface area contributed by atoms with Gasteiger partial charge >= 0.3 is 11.9 Å². The van der Waals surface area contributed by atoms with Gasteiger partial charge in [-0.15, -0.1) is 0 Å². The Labute approximate surface area is 135 Å². The molecule has 9 nitrogen and oxygen atoms in total. The summed E-state index contributed by atoms with van der Waals surface area (Å²) in [6.07, 6.45) is -0.816. The van der Waals surface area contributed by atoms with Gasteiger partial charge in [-0.3, -0.25) is 19.2 Å². The highest BCUT2D eigenvalue weighted by molar-refractivity contribution is 5.92. The average molecular weight is 332 g/mol. The number of rotatable bonds is 10. The SMILES string of the molecule is CC(=O)[C@@](CC(=O)O)(C[N+](C)(C)C)OC(=O)[C@@H](N)CCC(N)=O. The van der Waals surface area contributed by atoms with E-state index in [0.717, 1.165) is 0 Å². The van der Waals surface area contributed by atoms with Crippen molar-refractivity contribution in [1.82, 2.24) is 0 Å². The third-order valence-corrected chi connectivity index (χ3v) is 3.11. The maximum atomic E-state index is 12.1. The summed E-state index contributed by atoms with van der Waals surface area (Å²) in [5.74, 6) is -3.41. The Morgan fingerprint density at radius 2 is 1.74 bits per heavy atom. The summed E-state index contributed by atoms with van der Waals surface area (Å²) in [5, 5.41) is 9.08. The molecule has 0 heterocycles. The van der Waals surface area contributed by atoms with Crippen molar-refractivity contribution in [2.75, 3.05) is 27.7 Å². The first-order valence-electron chi connectivity index (χ1n) is 7.09. The molecule has 0 radical (unpaired) electrons. The van der Waals surface area contributed by atoms with Crippen molar-refractivity contribution in [2.24, 2.45) is 11.5 Å². The van der Waals surface area contributed by atoms with Crippen LogP contribution >= 0.6 is 0 Å². The second-order valence-corrected chi connectivity index (χ2v) is 6.60. The predicted octanol–water partition coefficient (Wildman–Crippen LogP) is -1.37. The Balaban J connectivity index is 5.34. The van der Waals surface area contributed by atoms with E-state index in [9.17, 15) is 19.2 Å². The van der Waals surface area contributed by atoms with Crippen molar-refractivity contribution in [1.29, 1.82) is 0 Å². The monoisotopic (exact) mass is 332 g/mol. The van der Waals surface area contributed by atoms with Crippen LogP contribution in [0.5, 0.6) is 0 Å². The minimum atomic E-state index is -1.81. The fourth-order valence-electron chi connectivity index (χ4n) is 2.13. The average Bonchev–Trinajstić information content (AvgIpc) is 2.32. The van der Waals surface area contributed by atoms with Crippen LogP contribution in [0.1, 0.15) is 26.2 Å². The van der Waals surface area contributed by atoms with Crippen LogP contribution in [-0.4, -0.2) is 72.5 Å². The number of esters is 1. The number of aliphatic carboxylic acids is 1. The smallest absolute Gasteiger partial charge is 0.324 e. The number of carbonyl (C=O) groups excluding carboxylic acids is 3. The lowest BCUT2D eigenvalue weighted by Gasteiger charge is -2.36. The molecule has 5 N–H and O–H groups in total. The number of ether oxygens (including phenoxy) is 1. The molecule has 0 fully saturated rings. The normalized spacial score (nSPS) is 15.3. The van der Waals surface area contributed by atoms with E-state index in [1.165, 1.54) is 6.92 Å². The van der Waals surface area contributed by atoms with E-state index < -0.39 is 41.7 Å². The maximum Gasteiger partial charge on any atom is 0.324 e. The van der Waals surface area contributed by atoms with Crippen LogP contribution in [0, 0.1) is 0 Å². The number of quaternary nitrogens is 1. The molecule has 0 unspecified atom stereocenters. The molecule has 0 spiro atoms. The topological polar surface area (TPSA) is 150 Å². The minimum absolute atomic E-state index is 0.0249. The van der Waals surface area contributed by atoms with Crippen molar-refractivity contribution < 1.29 is 33.5 Å². The lowest BCUT2D eigenvalue weighted by molar-refractivity contribution is -0.875. The Hall–Kier alpha value is -2.00. The van der Waals surface area contributed by atoms with Gasteiger partial charge in [0.05, 0.1) is 27.6 Å². The van der Waals surface area contributed by atoms with E-state index in [-0.39, 0.29) is 23.9 Å². The van der Waals surface area contributed by atoms with Crippen LogP contribution in [0.4, 0.5) is 0 Å². The van der Waals surface area contributed by atoms with Crippen LogP contribution in [0.2, 0.25) is 0 Å². The molecule has 23 heavy (non-hydrogen) atoms. The van der Waals surface area contributed by atoms with Gasteiger partial charge in [0, 0.05) is 6.42 Å². The van der Waals surface area contributed by atoms with Gasteiger partial charge < -0.3 is 25.8 Å². The van der Waals surface area contributed by atoms with Gasteiger partial charge in [0.25, 0.3) is 0 Å². The number of primary amides is 1. The van der Waals surface area contributed by atoms with Gasteiger partial charge in [-0.1, -0.05) is 0 Å². The van der Waals surface area contributed by atoms with Crippen LogP contribution in [0.25, 0.3) is 0 Å². The molecule has 0 aliphatic rings. The molecular weight excluding hydrogens is 306 g/mol. The Bertz CT molecular complexity index is 485. The zero-order chi connectivity index (χ0) is 18.4. The summed E-state index contributed by atoms with van der Waals surface area (Å²) in [6, 6.07) is -1.16. The number of carboxylic acids is 1. The molecule has 0 aromatic carbocycles. The molecule has 0 rings (SSSR count). The van der Waals surface area contributed by atoms with E-state index in [0.29, 0.717) is 0 Å². The quantitative estimate of drug-likeness (QED) is 0.330. The number of Topliss-reactive ketones (excluding diaryl/α,β-unsaturated/α-hetero) is 1. The molecular formula is C14H26N3O6+. The number of ketones is 1. The largest absolute Gasteiger partial charge is 0.481 e. The zero-order valence-electron chi connectivity index (χ0n) is 14.0. The Morgan fingerprint density at radius 1 is 1.22 bits per heavy atom. The summed E-state index contributed by atoms with van der Waals surface area (Å²) in [6.45, 7) is 1.14. The van der Waals surface area contributed by atoms with Crippen molar-refractivity contribution >= 4 is 23.6 Å². The zero-order valence-corrected chi connectivity index (χ0v) is 14.0. The van der Waals surface area contributed by atoms with E-state index in [1.54, 1.807) is 21.1 Å². The van der Waals surface area contributed by atoms with Gasteiger partial charge in [-0.05, 0) is 13.3 Å². The summed E-state index contributed by atoms with van der Waals surface area (Å²) in [7, 11) is 5.21. The molecule has 2 atom stereocenters. The molecule has 0 aliphatic heterocycles. The Kier molecular flexibility index (Phi) is 7.32. The number of likely N-dealkylation sites (N-methyl/N-ethyl adjacent to an activating group) is 1. The number of hydrogen-bond donors (Lipinski definition) is 3. The predicted molar refractivity (Wildman–Crippen MR) is 81.1 cm³/mol. The van der Waals surface area contributed by atoms with Crippen LogP contribution < -0.4 is 11.5 Å². The number of carbonyl (C=O) groups is 4. The minimum Gasteiger partial charge on any atom is -0.481 e. The number of nitrogens with zero attached hydrogens (tertiary/aromatic N) is 1. The number of nitrogens with two attached hydrogens (primary N) is 2. The van der Waals surface area contributed by atoms with Crippen molar-refractivity contribution in [3.8, 4) is 0 Å². The first-order chi connectivity index (χ1) is 10.3. The lowest BCUT2D eigenvalue weighted by atomic mass is 9.93. The highest BCUT2D eigenvalue weighted by Crippen LogP contribution is 2.22. The molecule has 0 saturated heterocycles. The van der Waals surface area contributed by atoms with Gasteiger partial charge in [-0.2, -0.15) is 0 Å².